The minimum absolute atomic E-state index is 0.263. The van der Waals surface area contributed by atoms with Crippen LogP contribution in [0.2, 0.25) is 0 Å². The van der Waals surface area contributed by atoms with Crippen LogP contribution in [0.25, 0.3) is 0 Å². The topological polar surface area (TPSA) is 83.1 Å². The van der Waals surface area contributed by atoms with Gasteiger partial charge < -0.3 is 14.8 Å². The SMILES string of the molecule is COc1ccc(CN2C(=O)N(c3ccccc3)C(=O)NC2Nc2ccc(Oc3ccccc3)cc2)cc1. The van der Waals surface area contributed by atoms with Crippen LogP contribution < -0.4 is 25.0 Å². The number of hydrogen-bond donors (Lipinski definition) is 2. The number of anilines is 2. The molecule has 1 aliphatic rings. The van der Waals surface area contributed by atoms with E-state index in [9.17, 15) is 9.59 Å². The van der Waals surface area contributed by atoms with Gasteiger partial charge in [-0.3, -0.25) is 10.2 Å². The first-order valence-corrected chi connectivity index (χ1v) is 11.8. The van der Waals surface area contributed by atoms with Crippen LogP contribution in [0.3, 0.4) is 0 Å². The molecule has 2 N–H and O–H groups in total. The predicted molar refractivity (Wildman–Crippen MR) is 142 cm³/mol. The van der Waals surface area contributed by atoms with Crippen molar-refractivity contribution in [1.82, 2.24) is 10.2 Å². The van der Waals surface area contributed by atoms with Crippen LogP contribution in [-0.4, -0.2) is 30.4 Å². The second kappa shape index (κ2) is 10.7. The standard InChI is InChI=1S/C29H26N4O4/c1-36-24-16-12-21(13-17-24)20-32-27(31-28(34)33(29(32)35)23-8-4-2-5-9-23)30-22-14-18-26(19-15-22)37-25-10-6-3-7-11-25/h2-19,27,30H,20H2,1H3,(H,31,34). The summed E-state index contributed by atoms with van der Waals surface area (Å²) in [4.78, 5) is 29.4. The third-order valence-electron chi connectivity index (χ3n) is 5.87. The van der Waals surface area contributed by atoms with Gasteiger partial charge in [-0.1, -0.05) is 48.5 Å². The number of para-hydroxylation sites is 2. The first kappa shape index (κ1) is 23.7. The molecule has 0 radical (unpaired) electrons. The zero-order valence-corrected chi connectivity index (χ0v) is 20.2. The van der Waals surface area contributed by atoms with Gasteiger partial charge in [0.2, 0.25) is 0 Å². The monoisotopic (exact) mass is 494 g/mol. The van der Waals surface area contributed by atoms with E-state index in [1.165, 1.54) is 0 Å². The number of hydrogen-bond acceptors (Lipinski definition) is 5. The highest BCUT2D eigenvalue weighted by atomic mass is 16.5. The van der Waals surface area contributed by atoms with Crippen molar-refractivity contribution in [2.45, 2.75) is 12.8 Å². The quantitative estimate of drug-likeness (QED) is 0.312. The largest absolute Gasteiger partial charge is 0.497 e. The molecule has 4 aromatic carbocycles. The zero-order chi connectivity index (χ0) is 25.6. The molecule has 186 valence electrons. The predicted octanol–water partition coefficient (Wildman–Crippen LogP) is 6.04. The van der Waals surface area contributed by atoms with Gasteiger partial charge in [-0.25, -0.2) is 14.5 Å². The fourth-order valence-electron chi connectivity index (χ4n) is 3.99. The summed E-state index contributed by atoms with van der Waals surface area (Å²) in [5.41, 5.74) is 2.09. The second-order valence-corrected chi connectivity index (χ2v) is 8.37. The molecule has 1 atom stereocenters. The Hall–Kier alpha value is -4.98. The highest BCUT2D eigenvalue weighted by Crippen LogP contribution is 2.26. The number of nitrogens with zero attached hydrogens (tertiary/aromatic N) is 2. The summed E-state index contributed by atoms with van der Waals surface area (Å²) in [7, 11) is 1.60. The average Bonchev–Trinajstić information content (AvgIpc) is 2.93. The lowest BCUT2D eigenvalue weighted by atomic mass is 10.2. The van der Waals surface area contributed by atoms with Crippen molar-refractivity contribution in [1.29, 1.82) is 0 Å². The molecule has 0 bridgehead atoms. The zero-order valence-electron chi connectivity index (χ0n) is 20.2. The highest BCUT2D eigenvalue weighted by Gasteiger charge is 2.39. The van der Waals surface area contributed by atoms with Crippen molar-refractivity contribution < 1.29 is 19.1 Å². The Kier molecular flexibility index (Phi) is 6.89. The molecule has 8 heteroatoms. The molecule has 1 heterocycles. The van der Waals surface area contributed by atoms with E-state index in [0.29, 0.717) is 17.1 Å². The smallest absolute Gasteiger partial charge is 0.336 e. The summed E-state index contributed by atoms with van der Waals surface area (Å²) in [6, 6.07) is 32.2. The lowest BCUT2D eigenvalue weighted by Gasteiger charge is -2.41. The van der Waals surface area contributed by atoms with E-state index in [1.807, 2.05) is 84.9 Å². The van der Waals surface area contributed by atoms with Gasteiger partial charge in [0.05, 0.1) is 19.3 Å². The number of ether oxygens (including phenoxy) is 2. The summed E-state index contributed by atoms with van der Waals surface area (Å²) in [5, 5.41) is 6.18. The molecule has 0 aromatic heterocycles. The number of benzene rings is 4. The number of carbonyl (C=O) groups excluding carboxylic acids is 2. The number of amides is 4. The number of urea groups is 2. The summed E-state index contributed by atoms with van der Waals surface area (Å²) < 4.78 is 11.1. The molecule has 1 fully saturated rings. The van der Waals surface area contributed by atoms with Crippen LogP contribution in [0, 0.1) is 0 Å². The summed E-state index contributed by atoms with van der Waals surface area (Å²) in [6.45, 7) is 0.263. The summed E-state index contributed by atoms with van der Waals surface area (Å²) >= 11 is 0. The van der Waals surface area contributed by atoms with Gasteiger partial charge in [0.15, 0.2) is 6.29 Å². The first-order valence-electron chi connectivity index (χ1n) is 11.8. The Balaban J connectivity index is 1.37. The minimum atomic E-state index is -0.775. The molecule has 0 saturated carbocycles. The molecule has 4 aromatic rings. The van der Waals surface area contributed by atoms with E-state index >= 15 is 0 Å². The lowest BCUT2D eigenvalue weighted by Crippen LogP contribution is -2.67. The third-order valence-corrected chi connectivity index (χ3v) is 5.87. The van der Waals surface area contributed by atoms with E-state index < -0.39 is 18.4 Å². The Morgan fingerprint density at radius 1 is 0.757 bits per heavy atom. The van der Waals surface area contributed by atoms with Crippen LogP contribution >= 0.6 is 0 Å². The number of methoxy groups -OCH3 is 1. The van der Waals surface area contributed by atoms with Gasteiger partial charge in [0.25, 0.3) is 0 Å². The van der Waals surface area contributed by atoms with Crippen molar-refractivity contribution in [3.8, 4) is 17.2 Å². The Labute approximate surface area is 215 Å². The van der Waals surface area contributed by atoms with Gasteiger partial charge in [0.1, 0.15) is 17.2 Å². The number of imide groups is 1. The maximum absolute atomic E-state index is 13.6. The maximum atomic E-state index is 13.6. The fourth-order valence-corrected chi connectivity index (χ4v) is 3.99. The molecule has 4 amide bonds. The normalized spacial score (nSPS) is 15.2. The van der Waals surface area contributed by atoms with Crippen molar-refractivity contribution in [2.75, 3.05) is 17.3 Å². The maximum Gasteiger partial charge on any atom is 0.336 e. The fraction of sp³-hybridized carbons (Fsp3) is 0.103. The molecule has 1 aliphatic heterocycles. The van der Waals surface area contributed by atoms with Crippen LogP contribution in [0.1, 0.15) is 5.56 Å². The van der Waals surface area contributed by atoms with E-state index in [4.69, 9.17) is 9.47 Å². The molecule has 1 unspecified atom stereocenters. The highest BCUT2D eigenvalue weighted by molar-refractivity contribution is 6.15. The minimum Gasteiger partial charge on any atom is -0.497 e. The van der Waals surface area contributed by atoms with E-state index in [2.05, 4.69) is 10.6 Å². The van der Waals surface area contributed by atoms with Crippen LogP contribution in [0.5, 0.6) is 17.2 Å². The molecule has 0 aliphatic carbocycles. The summed E-state index contributed by atoms with van der Waals surface area (Å²) in [6.07, 6.45) is -0.775. The van der Waals surface area contributed by atoms with Gasteiger partial charge in [-0.05, 0) is 66.2 Å². The van der Waals surface area contributed by atoms with Gasteiger partial charge in [0, 0.05) is 5.69 Å². The van der Waals surface area contributed by atoms with Gasteiger partial charge in [-0.2, -0.15) is 0 Å². The van der Waals surface area contributed by atoms with E-state index in [1.54, 1.807) is 36.3 Å². The van der Waals surface area contributed by atoms with Crippen molar-refractivity contribution in [3.05, 3.63) is 115 Å². The molecular formula is C29H26N4O4. The van der Waals surface area contributed by atoms with Gasteiger partial charge in [-0.15, -0.1) is 0 Å². The lowest BCUT2D eigenvalue weighted by molar-refractivity contribution is 0.158. The molecule has 0 spiro atoms. The van der Waals surface area contributed by atoms with Crippen molar-refractivity contribution in [3.63, 3.8) is 0 Å². The molecular weight excluding hydrogens is 468 g/mol. The molecule has 1 saturated heterocycles. The number of carbonyl (C=O) groups is 2. The Morgan fingerprint density at radius 3 is 2.00 bits per heavy atom. The van der Waals surface area contributed by atoms with Crippen molar-refractivity contribution in [2.24, 2.45) is 0 Å². The third kappa shape index (κ3) is 5.48. The molecule has 37 heavy (non-hydrogen) atoms. The molecule has 5 rings (SSSR count). The van der Waals surface area contributed by atoms with Crippen molar-refractivity contribution >= 4 is 23.4 Å². The first-order chi connectivity index (χ1) is 18.1. The number of rotatable bonds is 8. The van der Waals surface area contributed by atoms with Crippen LogP contribution in [-0.2, 0) is 6.54 Å². The van der Waals surface area contributed by atoms with E-state index in [-0.39, 0.29) is 6.54 Å². The molecule has 8 nitrogen and oxygen atoms in total. The Bertz CT molecular complexity index is 1350. The van der Waals surface area contributed by atoms with E-state index in [0.717, 1.165) is 22.0 Å². The number of nitrogens with one attached hydrogen (secondary N) is 2. The Morgan fingerprint density at radius 2 is 1.35 bits per heavy atom. The van der Waals surface area contributed by atoms with Crippen LogP contribution in [0.4, 0.5) is 21.0 Å². The van der Waals surface area contributed by atoms with Gasteiger partial charge >= 0.3 is 12.1 Å². The second-order valence-electron chi connectivity index (χ2n) is 8.37. The summed E-state index contributed by atoms with van der Waals surface area (Å²) in [5.74, 6) is 2.13. The average molecular weight is 495 g/mol. The van der Waals surface area contributed by atoms with Crippen LogP contribution in [0.15, 0.2) is 109 Å².